The van der Waals surface area contributed by atoms with Gasteiger partial charge in [-0.05, 0) is 31.2 Å². The molecule has 24 heavy (non-hydrogen) atoms. The number of oxazole rings is 1. The number of hydrogen-bond acceptors (Lipinski definition) is 5. The van der Waals surface area contributed by atoms with Crippen LogP contribution in [0.1, 0.15) is 11.5 Å². The van der Waals surface area contributed by atoms with E-state index in [2.05, 4.69) is 4.98 Å². The average molecular weight is 325 g/mol. The van der Waals surface area contributed by atoms with Crippen LogP contribution in [0.3, 0.4) is 0 Å². The standard InChI is InChI=1S/C19H19NO4/c1-14-16(20-19(24-14)15-7-3-2-4-8-15)13-23-18-10-6-5-9-17(18)22-12-11-21/h2-10,21H,11-13H2,1H3. The van der Waals surface area contributed by atoms with E-state index in [1.54, 1.807) is 6.07 Å². The molecule has 0 amide bonds. The first kappa shape index (κ1) is 16.1. The van der Waals surface area contributed by atoms with E-state index in [1.165, 1.54) is 0 Å². The summed E-state index contributed by atoms with van der Waals surface area (Å²) in [6, 6.07) is 17.1. The Morgan fingerprint density at radius 2 is 1.62 bits per heavy atom. The van der Waals surface area contributed by atoms with Crippen LogP contribution >= 0.6 is 0 Å². The minimum atomic E-state index is -0.0445. The fraction of sp³-hybridized carbons (Fsp3) is 0.211. The summed E-state index contributed by atoms with van der Waals surface area (Å²) in [5.74, 6) is 2.50. The number of benzene rings is 2. The SMILES string of the molecule is Cc1oc(-c2ccccc2)nc1COc1ccccc1OCCO. The third-order valence-electron chi connectivity index (χ3n) is 3.48. The van der Waals surface area contributed by atoms with Crippen LogP contribution in [0.15, 0.2) is 59.0 Å². The molecule has 0 saturated carbocycles. The predicted octanol–water partition coefficient (Wildman–Crippen LogP) is 3.60. The molecular formula is C19H19NO4. The maximum atomic E-state index is 8.89. The zero-order valence-electron chi connectivity index (χ0n) is 13.4. The number of rotatable bonds is 7. The van der Waals surface area contributed by atoms with Gasteiger partial charge in [-0.15, -0.1) is 0 Å². The summed E-state index contributed by atoms with van der Waals surface area (Å²) in [7, 11) is 0. The third-order valence-corrected chi connectivity index (χ3v) is 3.48. The van der Waals surface area contributed by atoms with Crippen LogP contribution < -0.4 is 9.47 Å². The summed E-state index contributed by atoms with van der Waals surface area (Å²) < 4.78 is 17.0. The molecule has 1 N–H and O–H groups in total. The van der Waals surface area contributed by atoms with Gasteiger partial charge in [-0.25, -0.2) is 4.98 Å². The summed E-state index contributed by atoms with van der Waals surface area (Å²) in [4.78, 5) is 4.51. The van der Waals surface area contributed by atoms with E-state index in [1.807, 2.05) is 55.5 Å². The number of aliphatic hydroxyl groups excluding tert-OH is 1. The van der Waals surface area contributed by atoms with E-state index in [4.69, 9.17) is 19.0 Å². The van der Waals surface area contributed by atoms with Crippen molar-refractivity contribution in [2.45, 2.75) is 13.5 Å². The molecule has 0 saturated heterocycles. The molecule has 0 unspecified atom stereocenters. The Morgan fingerprint density at radius 1 is 0.958 bits per heavy atom. The Labute approximate surface area is 140 Å². The second-order valence-electron chi connectivity index (χ2n) is 5.20. The fourth-order valence-corrected chi connectivity index (χ4v) is 2.26. The molecule has 0 spiro atoms. The molecule has 2 aromatic carbocycles. The van der Waals surface area contributed by atoms with Crippen LogP contribution in [-0.4, -0.2) is 23.3 Å². The molecule has 1 aromatic heterocycles. The van der Waals surface area contributed by atoms with Gasteiger partial charge in [0, 0.05) is 5.56 Å². The van der Waals surface area contributed by atoms with Crippen LogP contribution in [0.5, 0.6) is 11.5 Å². The lowest BCUT2D eigenvalue weighted by Crippen LogP contribution is -2.04. The van der Waals surface area contributed by atoms with Crippen LogP contribution in [0, 0.1) is 6.92 Å². The Hall–Kier alpha value is -2.79. The van der Waals surface area contributed by atoms with Gasteiger partial charge in [0.15, 0.2) is 11.5 Å². The van der Waals surface area contributed by atoms with Crippen molar-refractivity contribution >= 4 is 0 Å². The van der Waals surface area contributed by atoms with Gasteiger partial charge >= 0.3 is 0 Å². The number of nitrogens with zero attached hydrogens (tertiary/aromatic N) is 1. The molecule has 3 rings (SSSR count). The first-order valence-electron chi connectivity index (χ1n) is 7.75. The first-order valence-corrected chi connectivity index (χ1v) is 7.75. The largest absolute Gasteiger partial charge is 0.487 e. The molecule has 3 aromatic rings. The van der Waals surface area contributed by atoms with Crippen molar-refractivity contribution < 1.29 is 19.0 Å². The number of ether oxygens (including phenoxy) is 2. The first-order chi connectivity index (χ1) is 11.8. The van der Waals surface area contributed by atoms with Gasteiger partial charge in [0.2, 0.25) is 5.89 Å². The molecule has 1 heterocycles. The van der Waals surface area contributed by atoms with Crippen molar-refractivity contribution in [2.24, 2.45) is 0 Å². The molecule has 0 aliphatic carbocycles. The summed E-state index contributed by atoms with van der Waals surface area (Å²) >= 11 is 0. The van der Waals surface area contributed by atoms with Crippen molar-refractivity contribution in [3.05, 3.63) is 66.1 Å². The summed E-state index contributed by atoms with van der Waals surface area (Å²) in [6.07, 6.45) is 0. The fourth-order valence-electron chi connectivity index (χ4n) is 2.26. The third kappa shape index (κ3) is 3.75. The van der Waals surface area contributed by atoms with Crippen LogP contribution in [-0.2, 0) is 6.61 Å². The van der Waals surface area contributed by atoms with Gasteiger partial charge in [0.25, 0.3) is 0 Å². The zero-order valence-corrected chi connectivity index (χ0v) is 13.4. The monoisotopic (exact) mass is 325 g/mol. The normalized spacial score (nSPS) is 10.6. The van der Waals surface area contributed by atoms with Crippen molar-refractivity contribution in [3.63, 3.8) is 0 Å². The Bertz CT molecular complexity index is 783. The van der Waals surface area contributed by atoms with Crippen molar-refractivity contribution in [3.8, 4) is 23.0 Å². The zero-order chi connectivity index (χ0) is 16.8. The second kappa shape index (κ2) is 7.66. The minimum absolute atomic E-state index is 0.0445. The van der Waals surface area contributed by atoms with Crippen molar-refractivity contribution in [1.82, 2.24) is 4.98 Å². The highest BCUT2D eigenvalue weighted by Crippen LogP contribution is 2.28. The lowest BCUT2D eigenvalue weighted by atomic mass is 10.2. The maximum absolute atomic E-state index is 8.89. The lowest BCUT2D eigenvalue weighted by molar-refractivity contribution is 0.192. The van der Waals surface area contributed by atoms with Crippen molar-refractivity contribution in [1.29, 1.82) is 0 Å². The number of aryl methyl sites for hydroxylation is 1. The van der Waals surface area contributed by atoms with Gasteiger partial charge in [-0.2, -0.15) is 0 Å². The molecular weight excluding hydrogens is 306 g/mol. The van der Waals surface area contributed by atoms with Crippen LogP contribution in [0.4, 0.5) is 0 Å². The van der Waals surface area contributed by atoms with Crippen LogP contribution in [0.25, 0.3) is 11.5 Å². The number of aliphatic hydroxyl groups is 1. The van der Waals surface area contributed by atoms with Gasteiger partial charge in [0.1, 0.15) is 24.7 Å². The Kier molecular flexibility index (Phi) is 5.13. The second-order valence-corrected chi connectivity index (χ2v) is 5.20. The minimum Gasteiger partial charge on any atom is -0.487 e. The smallest absolute Gasteiger partial charge is 0.226 e. The maximum Gasteiger partial charge on any atom is 0.226 e. The topological polar surface area (TPSA) is 64.7 Å². The van der Waals surface area contributed by atoms with E-state index in [0.29, 0.717) is 17.4 Å². The predicted molar refractivity (Wildman–Crippen MR) is 90.0 cm³/mol. The number of aromatic nitrogens is 1. The Morgan fingerprint density at radius 3 is 2.33 bits per heavy atom. The van der Waals surface area contributed by atoms with Gasteiger partial charge < -0.3 is 19.0 Å². The average Bonchev–Trinajstić information content (AvgIpc) is 3.00. The summed E-state index contributed by atoms with van der Waals surface area (Å²) in [5.41, 5.74) is 1.67. The molecule has 0 bridgehead atoms. The van der Waals surface area contributed by atoms with E-state index in [0.717, 1.165) is 17.0 Å². The molecule has 0 aliphatic rings. The summed E-state index contributed by atoms with van der Waals surface area (Å²) in [6.45, 7) is 2.33. The summed E-state index contributed by atoms with van der Waals surface area (Å²) in [5, 5.41) is 8.89. The highest BCUT2D eigenvalue weighted by molar-refractivity contribution is 5.53. The Balaban J connectivity index is 1.73. The number of hydrogen-bond donors (Lipinski definition) is 1. The molecule has 0 aliphatic heterocycles. The molecule has 5 nitrogen and oxygen atoms in total. The highest BCUT2D eigenvalue weighted by Gasteiger charge is 2.13. The highest BCUT2D eigenvalue weighted by atomic mass is 16.5. The lowest BCUT2D eigenvalue weighted by Gasteiger charge is -2.11. The van der Waals surface area contributed by atoms with Crippen molar-refractivity contribution in [2.75, 3.05) is 13.2 Å². The van der Waals surface area contributed by atoms with Gasteiger partial charge in [0.05, 0.1) is 6.61 Å². The van der Waals surface area contributed by atoms with Crippen LogP contribution in [0.2, 0.25) is 0 Å². The molecule has 0 radical (unpaired) electrons. The van der Waals surface area contributed by atoms with E-state index < -0.39 is 0 Å². The molecule has 0 atom stereocenters. The molecule has 0 fully saturated rings. The van der Waals surface area contributed by atoms with E-state index >= 15 is 0 Å². The van der Waals surface area contributed by atoms with Gasteiger partial charge in [-0.3, -0.25) is 0 Å². The quantitative estimate of drug-likeness (QED) is 0.719. The van der Waals surface area contributed by atoms with E-state index in [9.17, 15) is 0 Å². The molecule has 124 valence electrons. The molecule has 5 heteroatoms. The van der Waals surface area contributed by atoms with E-state index in [-0.39, 0.29) is 19.8 Å². The number of para-hydroxylation sites is 2. The van der Waals surface area contributed by atoms with Gasteiger partial charge in [-0.1, -0.05) is 30.3 Å².